The highest BCUT2D eigenvalue weighted by atomic mass is 79.9. The van der Waals surface area contributed by atoms with Gasteiger partial charge in [0.2, 0.25) is 5.89 Å². The van der Waals surface area contributed by atoms with Gasteiger partial charge < -0.3 is 9.73 Å². The number of para-hydroxylation sites is 1. The first-order chi connectivity index (χ1) is 13.6. The topological polar surface area (TPSA) is 85.8 Å². The van der Waals surface area contributed by atoms with Gasteiger partial charge in [0.1, 0.15) is 15.8 Å². The fourth-order valence-electron chi connectivity index (χ4n) is 2.77. The van der Waals surface area contributed by atoms with Crippen molar-refractivity contribution in [2.45, 2.75) is 13.3 Å². The second-order valence-corrected chi connectivity index (χ2v) is 7.22. The van der Waals surface area contributed by atoms with E-state index in [0.717, 1.165) is 6.42 Å². The summed E-state index contributed by atoms with van der Waals surface area (Å²) < 4.78 is 8.10. The van der Waals surface area contributed by atoms with Crippen molar-refractivity contribution >= 4 is 44.5 Å². The minimum absolute atomic E-state index is 0.197. The first-order valence-corrected chi connectivity index (χ1v) is 9.80. The van der Waals surface area contributed by atoms with Gasteiger partial charge in [-0.05, 0) is 46.6 Å². The van der Waals surface area contributed by atoms with Gasteiger partial charge in [-0.25, -0.2) is 14.6 Å². The van der Waals surface area contributed by atoms with Gasteiger partial charge in [-0.2, -0.15) is 5.10 Å². The zero-order valence-electron chi connectivity index (χ0n) is 14.8. The van der Waals surface area contributed by atoms with Crippen LogP contribution in [0.4, 0.5) is 0 Å². The smallest absolute Gasteiger partial charge is 0.255 e. The van der Waals surface area contributed by atoms with Crippen LogP contribution in [0.1, 0.15) is 23.7 Å². The van der Waals surface area contributed by atoms with Gasteiger partial charge in [-0.1, -0.05) is 24.6 Å². The van der Waals surface area contributed by atoms with E-state index >= 15 is 0 Å². The van der Waals surface area contributed by atoms with Crippen molar-refractivity contribution in [2.24, 2.45) is 0 Å². The number of nitrogens with one attached hydrogen (secondary N) is 1. The largest absolute Gasteiger partial charge is 0.434 e. The number of carbonyl (C=O) groups excluding carboxylic acids is 1. The Labute approximate surface area is 173 Å². The number of nitrogens with zero attached hydrogens (tertiary/aromatic N) is 4. The predicted molar refractivity (Wildman–Crippen MR) is 110 cm³/mol. The van der Waals surface area contributed by atoms with Crippen molar-refractivity contribution < 1.29 is 9.21 Å². The number of carbonyl (C=O) groups is 1. The lowest BCUT2D eigenvalue weighted by Gasteiger charge is -2.05. The van der Waals surface area contributed by atoms with Crippen LogP contribution in [0.2, 0.25) is 5.02 Å². The Morgan fingerprint density at radius 2 is 2.18 bits per heavy atom. The summed E-state index contributed by atoms with van der Waals surface area (Å²) in [6.45, 7) is 2.59. The quantitative estimate of drug-likeness (QED) is 0.469. The molecule has 4 rings (SSSR count). The van der Waals surface area contributed by atoms with E-state index in [0.29, 0.717) is 50.2 Å². The van der Waals surface area contributed by atoms with Gasteiger partial charge in [-0.15, -0.1) is 0 Å². The van der Waals surface area contributed by atoms with Crippen molar-refractivity contribution in [3.05, 3.63) is 57.8 Å². The maximum atomic E-state index is 12.4. The van der Waals surface area contributed by atoms with Gasteiger partial charge in [0, 0.05) is 18.8 Å². The third-order valence-corrected chi connectivity index (χ3v) is 4.72. The molecule has 1 aromatic carbocycles. The Hall–Kier alpha value is -2.71. The molecule has 0 atom stereocenters. The molecular formula is C19H15BrClN5O2. The second kappa shape index (κ2) is 7.73. The molecular weight excluding hydrogens is 446 g/mol. The molecule has 0 aliphatic heterocycles. The molecule has 0 bridgehead atoms. The van der Waals surface area contributed by atoms with Crippen LogP contribution in [0, 0.1) is 0 Å². The molecule has 3 aromatic heterocycles. The van der Waals surface area contributed by atoms with Gasteiger partial charge >= 0.3 is 0 Å². The number of hydrogen-bond acceptors (Lipinski definition) is 5. The lowest BCUT2D eigenvalue weighted by molar-refractivity contribution is 0.0954. The highest BCUT2D eigenvalue weighted by Gasteiger charge is 2.21. The standard InChI is InChI=1S/C19H15BrClN5O2/c1-2-8-23-18(27)11-5-3-7-13-16(11)28-19(24-13)14-10-15(20)25-26(14)17-12(21)6-4-9-22-17/h3-7,9-10H,2,8H2,1H3,(H,23,27). The molecule has 4 aromatic rings. The van der Waals surface area contributed by atoms with Crippen molar-refractivity contribution in [3.63, 3.8) is 0 Å². The number of fused-ring (bicyclic) bond motifs is 1. The molecule has 28 heavy (non-hydrogen) atoms. The highest BCUT2D eigenvalue weighted by Crippen LogP contribution is 2.31. The molecule has 7 nitrogen and oxygen atoms in total. The summed E-state index contributed by atoms with van der Waals surface area (Å²) in [5.41, 5.74) is 1.99. The Kier molecular flexibility index (Phi) is 5.15. The Balaban J connectivity index is 1.83. The minimum Gasteiger partial charge on any atom is -0.434 e. The summed E-state index contributed by atoms with van der Waals surface area (Å²) in [6.07, 6.45) is 2.48. The second-order valence-electron chi connectivity index (χ2n) is 6.00. The van der Waals surface area contributed by atoms with Crippen LogP contribution in [0.15, 0.2) is 51.6 Å². The molecule has 0 saturated carbocycles. The number of amides is 1. The summed E-state index contributed by atoms with van der Waals surface area (Å²) in [5.74, 6) is 0.566. The van der Waals surface area contributed by atoms with E-state index in [1.54, 1.807) is 47.3 Å². The van der Waals surface area contributed by atoms with Gasteiger partial charge in [0.05, 0.1) is 10.6 Å². The molecule has 0 radical (unpaired) electrons. The Bertz CT molecular complexity index is 1170. The van der Waals surface area contributed by atoms with E-state index in [1.165, 1.54) is 0 Å². The predicted octanol–water partition coefficient (Wildman–Crippen LogP) is 4.63. The van der Waals surface area contributed by atoms with E-state index in [-0.39, 0.29) is 5.91 Å². The van der Waals surface area contributed by atoms with Gasteiger partial charge in [-0.3, -0.25) is 4.79 Å². The lowest BCUT2D eigenvalue weighted by atomic mass is 10.2. The molecule has 0 unspecified atom stereocenters. The summed E-state index contributed by atoms with van der Waals surface area (Å²) in [7, 11) is 0. The maximum Gasteiger partial charge on any atom is 0.255 e. The number of oxazole rings is 1. The Morgan fingerprint density at radius 3 is 2.96 bits per heavy atom. The first-order valence-electron chi connectivity index (χ1n) is 8.63. The van der Waals surface area contributed by atoms with Crippen LogP contribution in [0.25, 0.3) is 28.5 Å². The first kappa shape index (κ1) is 18.6. The summed E-state index contributed by atoms with van der Waals surface area (Å²) in [4.78, 5) is 21.3. The fraction of sp³-hybridized carbons (Fsp3) is 0.158. The molecule has 3 heterocycles. The van der Waals surface area contributed by atoms with E-state index < -0.39 is 0 Å². The van der Waals surface area contributed by atoms with Crippen LogP contribution in [0.5, 0.6) is 0 Å². The fourth-order valence-corrected chi connectivity index (χ4v) is 3.35. The van der Waals surface area contributed by atoms with E-state index in [2.05, 4.69) is 36.3 Å². The van der Waals surface area contributed by atoms with Crippen LogP contribution in [0.3, 0.4) is 0 Å². The molecule has 0 aliphatic carbocycles. The molecule has 1 amide bonds. The summed E-state index contributed by atoms with van der Waals surface area (Å²) in [6, 6.07) is 10.5. The molecule has 0 fully saturated rings. The van der Waals surface area contributed by atoms with Crippen molar-refractivity contribution in [2.75, 3.05) is 6.54 Å². The van der Waals surface area contributed by atoms with Crippen LogP contribution in [-0.2, 0) is 0 Å². The number of hydrogen-bond donors (Lipinski definition) is 1. The zero-order chi connectivity index (χ0) is 19.7. The molecule has 1 N–H and O–H groups in total. The third kappa shape index (κ3) is 3.41. The average Bonchev–Trinajstić information content (AvgIpc) is 3.29. The van der Waals surface area contributed by atoms with Crippen molar-refractivity contribution in [1.82, 2.24) is 25.1 Å². The van der Waals surface area contributed by atoms with Gasteiger partial charge in [0.25, 0.3) is 5.91 Å². The van der Waals surface area contributed by atoms with E-state index in [9.17, 15) is 4.79 Å². The Morgan fingerprint density at radius 1 is 1.32 bits per heavy atom. The number of benzene rings is 1. The molecule has 0 aliphatic rings. The number of halogens is 2. The zero-order valence-corrected chi connectivity index (χ0v) is 17.2. The number of rotatable bonds is 5. The lowest BCUT2D eigenvalue weighted by Crippen LogP contribution is -2.24. The monoisotopic (exact) mass is 459 g/mol. The van der Waals surface area contributed by atoms with Crippen molar-refractivity contribution in [3.8, 4) is 17.4 Å². The molecule has 0 saturated heterocycles. The van der Waals surface area contributed by atoms with Crippen LogP contribution < -0.4 is 5.32 Å². The normalized spacial score (nSPS) is 11.1. The molecule has 0 spiro atoms. The van der Waals surface area contributed by atoms with Crippen LogP contribution >= 0.6 is 27.5 Å². The van der Waals surface area contributed by atoms with Gasteiger partial charge in [0.15, 0.2) is 11.4 Å². The number of aromatic nitrogens is 4. The molecule has 142 valence electrons. The maximum absolute atomic E-state index is 12.4. The summed E-state index contributed by atoms with van der Waals surface area (Å²) in [5, 5.41) is 7.69. The van der Waals surface area contributed by atoms with E-state index in [4.69, 9.17) is 16.0 Å². The minimum atomic E-state index is -0.197. The highest BCUT2D eigenvalue weighted by molar-refractivity contribution is 9.10. The average molecular weight is 461 g/mol. The summed E-state index contributed by atoms with van der Waals surface area (Å²) >= 11 is 9.65. The number of pyridine rings is 1. The van der Waals surface area contributed by atoms with E-state index in [1.807, 2.05) is 6.92 Å². The third-order valence-electron chi connectivity index (χ3n) is 4.03. The van der Waals surface area contributed by atoms with Crippen molar-refractivity contribution in [1.29, 1.82) is 0 Å². The SMILES string of the molecule is CCCNC(=O)c1cccc2nc(-c3cc(Br)nn3-c3ncccc3Cl)oc12. The molecule has 9 heteroatoms. The van der Waals surface area contributed by atoms with Crippen LogP contribution in [-0.4, -0.2) is 32.2 Å².